The van der Waals surface area contributed by atoms with Gasteiger partial charge in [-0.1, -0.05) is 22.0 Å². The van der Waals surface area contributed by atoms with Crippen LogP contribution in [0.3, 0.4) is 0 Å². The Kier molecular flexibility index (Phi) is 4.80. The number of rotatable bonds is 4. The molecule has 0 aliphatic carbocycles. The number of benzene rings is 2. The van der Waals surface area contributed by atoms with Crippen molar-refractivity contribution in [2.45, 2.75) is 6.92 Å². The third kappa shape index (κ3) is 3.52. The molecule has 0 saturated carbocycles. The van der Waals surface area contributed by atoms with Gasteiger partial charge >= 0.3 is 5.97 Å². The van der Waals surface area contributed by atoms with Crippen LogP contribution >= 0.6 is 15.9 Å². The van der Waals surface area contributed by atoms with E-state index in [1.807, 2.05) is 0 Å². The summed E-state index contributed by atoms with van der Waals surface area (Å²) in [6.45, 7) is 1.94. The van der Waals surface area contributed by atoms with E-state index < -0.39 is 11.8 Å². The fourth-order valence-electron chi connectivity index (χ4n) is 1.69. The average molecular weight is 354 g/mol. The van der Waals surface area contributed by atoms with Crippen molar-refractivity contribution in [3.8, 4) is 11.5 Å². The molecule has 0 bridgehead atoms. The molecule has 0 atom stereocenters. The Morgan fingerprint density at radius 3 is 2.76 bits per heavy atom. The van der Waals surface area contributed by atoms with Gasteiger partial charge in [0.15, 0.2) is 17.3 Å². The van der Waals surface area contributed by atoms with Crippen molar-refractivity contribution in [3.05, 3.63) is 52.3 Å². The van der Waals surface area contributed by atoms with Crippen LogP contribution in [0, 0.1) is 5.82 Å². The van der Waals surface area contributed by atoms with Gasteiger partial charge in [0.25, 0.3) is 0 Å². The number of halogens is 2. The van der Waals surface area contributed by atoms with Gasteiger partial charge in [-0.2, -0.15) is 0 Å². The monoisotopic (exact) mass is 353 g/mol. The summed E-state index contributed by atoms with van der Waals surface area (Å²) < 4.78 is 24.7. The standard InChI is InChI=1S/C15H13BrFNO3/c1-2-20-15(19)10-4-3-5-12(14(10)18)21-13-8-9(16)6-7-11(13)17/h3-8H,2,18H2,1H3. The summed E-state index contributed by atoms with van der Waals surface area (Å²) in [6.07, 6.45) is 0. The minimum Gasteiger partial charge on any atom is -0.462 e. The molecule has 6 heteroatoms. The zero-order chi connectivity index (χ0) is 15.4. The van der Waals surface area contributed by atoms with Gasteiger partial charge < -0.3 is 15.2 Å². The van der Waals surface area contributed by atoms with E-state index in [1.165, 1.54) is 18.2 Å². The van der Waals surface area contributed by atoms with Crippen LogP contribution in [0.25, 0.3) is 0 Å². The molecule has 2 aromatic rings. The first-order valence-corrected chi connectivity index (χ1v) is 7.00. The minimum atomic E-state index is -0.546. The first-order chi connectivity index (χ1) is 10.0. The van der Waals surface area contributed by atoms with Crippen molar-refractivity contribution in [1.82, 2.24) is 0 Å². The first kappa shape index (κ1) is 15.3. The number of para-hydroxylation sites is 1. The van der Waals surface area contributed by atoms with Crippen molar-refractivity contribution in [1.29, 1.82) is 0 Å². The van der Waals surface area contributed by atoms with Gasteiger partial charge in [-0.25, -0.2) is 9.18 Å². The molecule has 110 valence electrons. The van der Waals surface area contributed by atoms with Crippen LogP contribution in [0.4, 0.5) is 10.1 Å². The molecule has 4 nitrogen and oxygen atoms in total. The molecule has 2 rings (SSSR count). The first-order valence-electron chi connectivity index (χ1n) is 6.21. The highest BCUT2D eigenvalue weighted by Gasteiger charge is 2.16. The number of ether oxygens (including phenoxy) is 2. The summed E-state index contributed by atoms with van der Waals surface area (Å²) in [5.41, 5.74) is 6.18. The second-order valence-corrected chi connectivity index (χ2v) is 5.03. The van der Waals surface area contributed by atoms with Crippen molar-refractivity contribution >= 4 is 27.6 Å². The predicted molar refractivity (Wildman–Crippen MR) is 81.0 cm³/mol. The number of anilines is 1. The van der Waals surface area contributed by atoms with Gasteiger partial charge in [0.2, 0.25) is 0 Å². The van der Waals surface area contributed by atoms with Gasteiger partial charge in [-0.05, 0) is 37.3 Å². The fraction of sp³-hybridized carbons (Fsp3) is 0.133. The van der Waals surface area contributed by atoms with E-state index in [0.29, 0.717) is 4.47 Å². The molecule has 2 aromatic carbocycles. The molecule has 0 amide bonds. The Hall–Kier alpha value is -2.08. The molecule has 0 radical (unpaired) electrons. The third-order valence-electron chi connectivity index (χ3n) is 2.67. The lowest BCUT2D eigenvalue weighted by Gasteiger charge is -2.12. The number of nitrogens with two attached hydrogens (primary N) is 1. The average Bonchev–Trinajstić information content (AvgIpc) is 2.45. The van der Waals surface area contributed by atoms with Crippen LogP contribution in [0.2, 0.25) is 0 Å². The quantitative estimate of drug-likeness (QED) is 0.662. The molecule has 0 fully saturated rings. The largest absolute Gasteiger partial charge is 0.462 e. The molecular formula is C15H13BrFNO3. The topological polar surface area (TPSA) is 61.5 Å². The highest BCUT2D eigenvalue weighted by Crippen LogP contribution is 2.33. The molecule has 0 unspecified atom stereocenters. The van der Waals surface area contributed by atoms with Gasteiger partial charge in [0.1, 0.15) is 0 Å². The maximum atomic E-state index is 13.7. The Labute approximate surface area is 129 Å². The van der Waals surface area contributed by atoms with E-state index in [-0.39, 0.29) is 29.4 Å². The number of hydrogen-bond acceptors (Lipinski definition) is 4. The summed E-state index contributed by atoms with van der Waals surface area (Å²) in [5, 5.41) is 0. The summed E-state index contributed by atoms with van der Waals surface area (Å²) in [5.74, 6) is -0.871. The predicted octanol–water partition coefficient (Wildman–Crippen LogP) is 4.14. The number of hydrogen-bond donors (Lipinski definition) is 1. The maximum absolute atomic E-state index is 13.7. The van der Waals surface area contributed by atoms with E-state index in [0.717, 1.165) is 0 Å². The van der Waals surface area contributed by atoms with Crippen molar-refractivity contribution < 1.29 is 18.7 Å². The summed E-state index contributed by atoms with van der Waals surface area (Å²) in [6, 6.07) is 8.97. The summed E-state index contributed by atoms with van der Waals surface area (Å²) in [4.78, 5) is 11.8. The number of carbonyl (C=O) groups is 1. The molecule has 0 saturated heterocycles. The second kappa shape index (κ2) is 6.58. The third-order valence-corrected chi connectivity index (χ3v) is 3.17. The Morgan fingerprint density at radius 1 is 1.29 bits per heavy atom. The smallest absolute Gasteiger partial charge is 0.340 e. The zero-order valence-electron chi connectivity index (χ0n) is 11.2. The van der Waals surface area contributed by atoms with Crippen LogP contribution in [-0.4, -0.2) is 12.6 Å². The van der Waals surface area contributed by atoms with Crippen molar-refractivity contribution in [3.63, 3.8) is 0 Å². The Bertz CT molecular complexity index is 676. The van der Waals surface area contributed by atoms with Gasteiger partial charge in [-0.15, -0.1) is 0 Å². The molecule has 0 spiro atoms. The lowest BCUT2D eigenvalue weighted by Crippen LogP contribution is -2.08. The van der Waals surface area contributed by atoms with Crippen LogP contribution in [0.1, 0.15) is 17.3 Å². The van der Waals surface area contributed by atoms with Crippen molar-refractivity contribution in [2.24, 2.45) is 0 Å². The van der Waals surface area contributed by atoms with E-state index in [9.17, 15) is 9.18 Å². The Balaban J connectivity index is 2.35. The molecule has 21 heavy (non-hydrogen) atoms. The normalized spacial score (nSPS) is 10.2. The lowest BCUT2D eigenvalue weighted by atomic mass is 10.1. The lowest BCUT2D eigenvalue weighted by molar-refractivity contribution is 0.0527. The highest BCUT2D eigenvalue weighted by atomic mass is 79.9. The zero-order valence-corrected chi connectivity index (χ0v) is 12.8. The highest BCUT2D eigenvalue weighted by molar-refractivity contribution is 9.10. The molecule has 0 aromatic heterocycles. The Morgan fingerprint density at radius 2 is 2.05 bits per heavy atom. The van der Waals surface area contributed by atoms with E-state index in [2.05, 4.69) is 15.9 Å². The molecule has 0 aliphatic heterocycles. The van der Waals surface area contributed by atoms with Gasteiger partial charge in [0, 0.05) is 4.47 Å². The van der Waals surface area contributed by atoms with E-state index in [4.69, 9.17) is 15.2 Å². The van der Waals surface area contributed by atoms with Crippen LogP contribution in [0.15, 0.2) is 40.9 Å². The van der Waals surface area contributed by atoms with Crippen molar-refractivity contribution in [2.75, 3.05) is 12.3 Å². The summed E-state index contributed by atoms with van der Waals surface area (Å²) >= 11 is 3.23. The molecule has 0 heterocycles. The van der Waals surface area contributed by atoms with Gasteiger partial charge in [0.05, 0.1) is 17.9 Å². The van der Waals surface area contributed by atoms with E-state index >= 15 is 0 Å². The maximum Gasteiger partial charge on any atom is 0.340 e. The van der Waals surface area contributed by atoms with Crippen LogP contribution in [0.5, 0.6) is 11.5 Å². The number of esters is 1. The molecule has 0 aliphatic rings. The van der Waals surface area contributed by atoms with Crippen LogP contribution < -0.4 is 10.5 Å². The molecular weight excluding hydrogens is 341 g/mol. The van der Waals surface area contributed by atoms with Gasteiger partial charge in [-0.3, -0.25) is 0 Å². The van der Waals surface area contributed by atoms with E-state index in [1.54, 1.807) is 25.1 Å². The molecule has 2 N–H and O–H groups in total. The second-order valence-electron chi connectivity index (χ2n) is 4.11. The number of carbonyl (C=O) groups excluding carboxylic acids is 1. The SMILES string of the molecule is CCOC(=O)c1cccc(Oc2cc(Br)ccc2F)c1N. The minimum absolute atomic E-state index is 0.0112. The summed E-state index contributed by atoms with van der Waals surface area (Å²) in [7, 11) is 0. The van der Waals surface area contributed by atoms with Crippen LogP contribution in [-0.2, 0) is 4.74 Å². The number of nitrogen functional groups attached to an aromatic ring is 1. The fourth-order valence-corrected chi connectivity index (χ4v) is 2.03.